The van der Waals surface area contributed by atoms with Crippen LogP contribution in [-0.2, 0) is 14.8 Å². The fraction of sp³-hybridized carbons (Fsp3) is 0.333. The van der Waals surface area contributed by atoms with Crippen LogP contribution in [-0.4, -0.2) is 44.2 Å². The second-order valence-corrected chi connectivity index (χ2v) is 9.12. The number of nitrogens with one attached hydrogen (secondary N) is 2. The van der Waals surface area contributed by atoms with Crippen LogP contribution < -0.4 is 10.6 Å². The monoisotopic (exact) mass is 409 g/mol. The first-order chi connectivity index (χ1) is 12.7. The number of rotatable bonds is 8. The molecular formula is C18H23N3O4S2. The van der Waals surface area contributed by atoms with Crippen LogP contribution in [0.25, 0.3) is 0 Å². The van der Waals surface area contributed by atoms with Gasteiger partial charge in [-0.15, -0.1) is 11.3 Å². The topological polar surface area (TPSA) is 95.6 Å². The summed E-state index contributed by atoms with van der Waals surface area (Å²) in [5, 5.41) is 7.17. The Balaban J connectivity index is 1.87. The van der Waals surface area contributed by atoms with Crippen molar-refractivity contribution in [3.63, 3.8) is 0 Å². The summed E-state index contributed by atoms with van der Waals surface area (Å²) in [6.45, 7) is 3.81. The lowest BCUT2D eigenvalue weighted by Gasteiger charge is -2.21. The van der Waals surface area contributed by atoms with Gasteiger partial charge in [-0.2, -0.15) is 4.31 Å². The van der Waals surface area contributed by atoms with Gasteiger partial charge >= 0.3 is 0 Å². The zero-order valence-corrected chi connectivity index (χ0v) is 17.1. The van der Waals surface area contributed by atoms with E-state index in [1.807, 2.05) is 5.38 Å². The third kappa shape index (κ3) is 5.62. The van der Waals surface area contributed by atoms with E-state index in [1.54, 1.807) is 38.1 Å². The zero-order chi connectivity index (χ0) is 20.0. The molecule has 146 valence electrons. The number of benzene rings is 1. The lowest BCUT2D eigenvalue weighted by molar-refractivity contribution is -0.116. The highest BCUT2D eigenvalue weighted by atomic mass is 32.2. The van der Waals surface area contributed by atoms with Crippen LogP contribution >= 0.6 is 11.3 Å². The van der Waals surface area contributed by atoms with Crippen molar-refractivity contribution in [3.05, 3.63) is 46.7 Å². The Morgan fingerprint density at radius 2 is 1.81 bits per heavy atom. The third-order valence-corrected chi connectivity index (χ3v) is 6.84. The summed E-state index contributed by atoms with van der Waals surface area (Å²) in [6.07, 6.45) is 0.118. The second kappa shape index (κ2) is 9.12. The average Bonchev–Trinajstić information content (AvgIpc) is 3.16. The molecule has 0 fully saturated rings. The lowest BCUT2D eigenvalue weighted by atomic mass is 10.3. The van der Waals surface area contributed by atoms with Crippen molar-refractivity contribution in [1.82, 2.24) is 9.62 Å². The van der Waals surface area contributed by atoms with Crippen molar-refractivity contribution in [2.24, 2.45) is 0 Å². The van der Waals surface area contributed by atoms with Gasteiger partial charge in [0.15, 0.2) is 0 Å². The van der Waals surface area contributed by atoms with E-state index in [-0.39, 0.29) is 35.7 Å². The minimum atomic E-state index is -3.55. The third-order valence-electron chi connectivity index (χ3n) is 3.92. The van der Waals surface area contributed by atoms with Gasteiger partial charge in [-0.3, -0.25) is 9.59 Å². The highest BCUT2D eigenvalue weighted by Gasteiger charge is 2.22. The number of thiophene rings is 1. The van der Waals surface area contributed by atoms with Crippen LogP contribution in [0.3, 0.4) is 0 Å². The Kier molecular flexibility index (Phi) is 7.11. The molecule has 0 radical (unpaired) electrons. The molecule has 27 heavy (non-hydrogen) atoms. The van der Waals surface area contributed by atoms with E-state index in [0.29, 0.717) is 10.6 Å². The maximum absolute atomic E-state index is 12.4. The minimum Gasteiger partial charge on any atom is -0.351 e. The summed E-state index contributed by atoms with van der Waals surface area (Å²) in [7, 11) is -2.03. The maximum atomic E-state index is 12.4. The van der Waals surface area contributed by atoms with Crippen molar-refractivity contribution in [1.29, 1.82) is 0 Å². The predicted octanol–water partition coefficient (Wildman–Crippen LogP) is 2.54. The Morgan fingerprint density at radius 1 is 1.15 bits per heavy atom. The molecule has 0 saturated heterocycles. The van der Waals surface area contributed by atoms with Crippen LogP contribution in [0.4, 0.5) is 5.69 Å². The summed E-state index contributed by atoms with van der Waals surface area (Å²) in [4.78, 5) is 24.5. The smallest absolute Gasteiger partial charge is 0.261 e. The average molecular weight is 410 g/mol. The maximum Gasteiger partial charge on any atom is 0.261 e. The molecule has 1 aromatic heterocycles. The number of carbonyl (C=O) groups excluding carboxylic acids is 2. The fourth-order valence-corrected chi connectivity index (χ4v) is 4.17. The molecule has 0 saturated carbocycles. The summed E-state index contributed by atoms with van der Waals surface area (Å²) in [5.41, 5.74) is 0.496. The molecule has 0 aliphatic heterocycles. The van der Waals surface area contributed by atoms with Gasteiger partial charge in [0.05, 0.1) is 9.77 Å². The van der Waals surface area contributed by atoms with Gasteiger partial charge in [0.25, 0.3) is 5.91 Å². The van der Waals surface area contributed by atoms with Crippen LogP contribution in [0.5, 0.6) is 0 Å². The van der Waals surface area contributed by atoms with E-state index in [1.165, 1.54) is 34.8 Å². The van der Waals surface area contributed by atoms with Crippen molar-refractivity contribution in [2.45, 2.75) is 31.2 Å². The molecule has 2 N–H and O–H groups in total. The van der Waals surface area contributed by atoms with E-state index >= 15 is 0 Å². The standard InChI is InChI=1S/C18H23N3O4S2/c1-13(2)21(3)27(24,25)15-8-6-14(7-9-15)20-17(22)10-11-19-18(23)16-5-4-12-26-16/h4-9,12-13H,10-11H2,1-3H3,(H,19,23)(H,20,22). The van der Waals surface area contributed by atoms with E-state index < -0.39 is 10.0 Å². The zero-order valence-electron chi connectivity index (χ0n) is 15.4. The summed E-state index contributed by atoms with van der Waals surface area (Å²) in [6, 6.07) is 9.36. The van der Waals surface area contributed by atoms with Crippen LogP contribution in [0.1, 0.15) is 29.9 Å². The molecule has 1 heterocycles. The quantitative estimate of drug-likeness (QED) is 0.700. The molecule has 0 bridgehead atoms. The number of carbonyl (C=O) groups is 2. The Morgan fingerprint density at radius 3 is 2.37 bits per heavy atom. The first kappa shape index (κ1) is 21.1. The molecule has 7 nitrogen and oxygen atoms in total. The van der Waals surface area contributed by atoms with Crippen molar-refractivity contribution in [2.75, 3.05) is 18.9 Å². The number of hydrogen-bond donors (Lipinski definition) is 2. The Bertz CT molecular complexity index is 876. The molecule has 0 unspecified atom stereocenters. The summed E-state index contributed by atoms with van der Waals surface area (Å²) < 4.78 is 26.1. The molecule has 9 heteroatoms. The largest absolute Gasteiger partial charge is 0.351 e. The highest BCUT2D eigenvalue weighted by Crippen LogP contribution is 2.19. The van der Waals surface area contributed by atoms with Crippen molar-refractivity contribution < 1.29 is 18.0 Å². The molecule has 2 amide bonds. The molecule has 0 spiro atoms. The molecule has 0 aliphatic rings. The van der Waals surface area contributed by atoms with Crippen LogP contribution in [0.2, 0.25) is 0 Å². The number of anilines is 1. The van der Waals surface area contributed by atoms with Crippen LogP contribution in [0.15, 0.2) is 46.7 Å². The summed E-state index contributed by atoms with van der Waals surface area (Å²) >= 11 is 1.33. The van der Waals surface area contributed by atoms with Crippen molar-refractivity contribution in [3.8, 4) is 0 Å². The number of sulfonamides is 1. The Hall–Kier alpha value is -2.23. The van der Waals surface area contributed by atoms with Gasteiger partial charge in [0, 0.05) is 31.7 Å². The number of nitrogens with zero attached hydrogens (tertiary/aromatic N) is 1. The van der Waals surface area contributed by atoms with Gasteiger partial charge in [0.1, 0.15) is 0 Å². The summed E-state index contributed by atoms with van der Waals surface area (Å²) in [5.74, 6) is -0.474. The first-order valence-electron chi connectivity index (χ1n) is 8.41. The number of hydrogen-bond acceptors (Lipinski definition) is 5. The normalized spacial score (nSPS) is 11.6. The highest BCUT2D eigenvalue weighted by molar-refractivity contribution is 7.89. The van der Waals surface area contributed by atoms with Crippen LogP contribution in [0, 0.1) is 0 Å². The molecule has 0 atom stereocenters. The molecule has 0 aliphatic carbocycles. The first-order valence-corrected chi connectivity index (χ1v) is 10.7. The molecule has 1 aromatic carbocycles. The van der Waals surface area contributed by atoms with Gasteiger partial charge < -0.3 is 10.6 Å². The second-order valence-electron chi connectivity index (χ2n) is 6.17. The Labute approximate surface area is 163 Å². The molecule has 2 rings (SSSR count). The van der Waals surface area contributed by atoms with Crippen molar-refractivity contribution >= 4 is 38.9 Å². The fourth-order valence-electron chi connectivity index (χ4n) is 2.16. The van der Waals surface area contributed by atoms with E-state index in [9.17, 15) is 18.0 Å². The van der Waals surface area contributed by atoms with Gasteiger partial charge in [0.2, 0.25) is 15.9 Å². The minimum absolute atomic E-state index is 0.118. The van der Waals surface area contributed by atoms with E-state index in [2.05, 4.69) is 10.6 Å². The van der Waals surface area contributed by atoms with Gasteiger partial charge in [-0.05, 0) is 49.6 Å². The molecule has 2 aromatic rings. The predicted molar refractivity (Wildman–Crippen MR) is 106 cm³/mol. The van der Waals surface area contributed by atoms with E-state index in [4.69, 9.17) is 0 Å². The molecular weight excluding hydrogens is 386 g/mol. The SMILES string of the molecule is CC(C)N(C)S(=O)(=O)c1ccc(NC(=O)CCNC(=O)c2cccs2)cc1. The van der Waals surface area contributed by atoms with E-state index in [0.717, 1.165) is 0 Å². The number of amides is 2. The van der Waals surface area contributed by atoms with Gasteiger partial charge in [-0.1, -0.05) is 6.07 Å². The lowest BCUT2D eigenvalue weighted by Crippen LogP contribution is -2.33. The van der Waals surface area contributed by atoms with Gasteiger partial charge in [-0.25, -0.2) is 8.42 Å².